The third-order valence-corrected chi connectivity index (χ3v) is 4.51. The van der Waals surface area contributed by atoms with Crippen molar-refractivity contribution in [2.24, 2.45) is 0 Å². The Bertz CT molecular complexity index is 859. The summed E-state index contributed by atoms with van der Waals surface area (Å²) in [6, 6.07) is 7.96. The van der Waals surface area contributed by atoms with E-state index < -0.39 is 13.9 Å². The molecular weight excluding hydrogens is 355 g/mol. The third kappa shape index (κ3) is 4.73. The van der Waals surface area contributed by atoms with Crippen molar-refractivity contribution in [2.75, 3.05) is 6.35 Å². The lowest BCUT2D eigenvalue weighted by Gasteiger charge is -2.15. The van der Waals surface area contributed by atoms with Crippen molar-refractivity contribution < 1.29 is 29.0 Å². The highest BCUT2D eigenvalue weighted by Crippen LogP contribution is 2.35. The van der Waals surface area contributed by atoms with Crippen molar-refractivity contribution in [1.29, 1.82) is 0 Å². The van der Waals surface area contributed by atoms with Crippen LogP contribution in [0.3, 0.4) is 0 Å². The number of aryl methyl sites for hydroxylation is 2. The van der Waals surface area contributed by atoms with Gasteiger partial charge in [0.05, 0.1) is 0 Å². The maximum atomic E-state index is 13.0. The second-order valence-corrected chi connectivity index (χ2v) is 8.22. The predicted octanol–water partition coefficient (Wildman–Crippen LogP) is 3.88. The summed E-state index contributed by atoms with van der Waals surface area (Å²) in [6.45, 7) is 7.36. The Morgan fingerprint density at radius 2 is 1.69 bits per heavy atom. The molecule has 26 heavy (non-hydrogen) atoms. The molecule has 0 atom stereocenters. The number of phenols is 1. The van der Waals surface area contributed by atoms with Gasteiger partial charge in [-0.3, -0.25) is 9.36 Å². The number of hydrogen-bond donors (Lipinski definition) is 3. The fourth-order valence-electron chi connectivity index (χ4n) is 2.83. The van der Waals surface area contributed by atoms with Crippen LogP contribution in [0.5, 0.6) is 11.5 Å². The molecule has 2 rings (SSSR count). The summed E-state index contributed by atoms with van der Waals surface area (Å²) in [4.78, 5) is 30.8. The molecule has 2 aromatic rings. The molecule has 0 bridgehead atoms. The van der Waals surface area contributed by atoms with Crippen LogP contribution in [0.15, 0.2) is 30.3 Å². The number of ether oxygens (including phenoxy) is 1. The largest absolute Gasteiger partial charge is 0.508 e. The fourth-order valence-corrected chi connectivity index (χ4v) is 3.14. The average Bonchev–Trinajstić information content (AvgIpc) is 2.51. The van der Waals surface area contributed by atoms with Gasteiger partial charge in [0.15, 0.2) is 12.1 Å². The van der Waals surface area contributed by atoms with Gasteiger partial charge in [0.25, 0.3) is 0 Å². The van der Waals surface area contributed by atoms with E-state index in [0.717, 1.165) is 0 Å². The Morgan fingerprint density at radius 3 is 2.19 bits per heavy atom. The van der Waals surface area contributed by atoms with Crippen LogP contribution in [-0.2, 0) is 4.57 Å². The average molecular weight is 378 g/mol. The molecule has 0 saturated heterocycles. The first-order valence-corrected chi connectivity index (χ1v) is 9.95. The van der Waals surface area contributed by atoms with Crippen LogP contribution in [0, 0.1) is 13.8 Å². The van der Waals surface area contributed by atoms with Crippen molar-refractivity contribution in [1.82, 2.24) is 0 Å². The highest BCUT2D eigenvalue weighted by Gasteiger charge is 2.19. The van der Waals surface area contributed by atoms with Crippen LogP contribution in [0.4, 0.5) is 0 Å². The third-order valence-electron chi connectivity index (χ3n) is 4.04. The highest BCUT2D eigenvalue weighted by atomic mass is 31.2. The lowest BCUT2D eigenvalue weighted by Crippen LogP contribution is -2.08. The Balaban J connectivity index is 2.38. The van der Waals surface area contributed by atoms with E-state index in [4.69, 9.17) is 14.5 Å². The standard InChI is InChI=1S/C19H23O6P/c1-11(2)16-9-14(5-6-17(16)20)19(21)18-12(3)7-15(8-13(18)4)25-10-26(22,23)24/h5-9,11,20H,10H2,1-4H3,(H2,22,23,24). The molecule has 6 nitrogen and oxygen atoms in total. The Hall–Kier alpha value is -2.14. The summed E-state index contributed by atoms with van der Waals surface area (Å²) < 4.78 is 16.1. The van der Waals surface area contributed by atoms with E-state index in [1.807, 2.05) is 13.8 Å². The van der Waals surface area contributed by atoms with E-state index in [1.165, 1.54) is 6.07 Å². The molecule has 7 heteroatoms. The predicted molar refractivity (Wildman–Crippen MR) is 99.1 cm³/mol. The highest BCUT2D eigenvalue weighted by molar-refractivity contribution is 7.51. The summed E-state index contributed by atoms with van der Waals surface area (Å²) in [7, 11) is -4.27. The van der Waals surface area contributed by atoms with E-state index in [2.05, 4.69) is 0 Å². The molecule has 0 amide bonds. The molecule has 0 spiro atoms. The molecule has 0 aliphatic heterocycles. The summed E-state index contributed by atoms with van der Waals surface area (Å²) in [5.41, 5.74) is 2.98. The van der Waals surface area contributed by atoms with Gasteiger partial charge >= 0.3 is 7.60 Å². The molecule has 0 aliphatic rings. The lowest BCUT2D eigenvalue weighted by atomic mass is 9.92. The van der Waals surface area contributed by atoms with Crippen LogP contribution in [0.2, 0.25) is 0 Å². The molecule has 140 valence electrons. The normalized spacial score (nSPS) is 11.7. The molecule has 0 heterocycles. The van der Waals surface area contributed by atoms with E-state index in [1.54, 1.807) is 38.1 Å². The van der Waals surface area contributed by atoms with Gasteiger partial charge in [0.2, 0.25) is 0 Å². The van der Waals surface area contributed by atoms with Gasteiger partial charge in [-0.05, 0) is 66.8 Å². The topological polar surface area (TPSA) is 104 Å². The molecular formula is C19H23O6P. The van der Waals surface area contributed by atoms with Crippen molar-refractivity contribution in [2.45, 2.75) is 33.6 Å². The second kappa shape index (κ2) is 7.62. The molecule has 0 fully saturated rings. The van der Waals surface area contributed by atoms with Crippen molar-refractivity contribution in [3.05, 3.63) is 58.1 Å². The first-order valence-electron chi connectivity index (χ1n) is 8.16. The number of phenolic OH excluding ortho intramolecular Hbond substituents is 1. The number of hydrogen-bond acceptors (Lipinski definition) is 4. The number of benzene rings is 2. The number of carbonyl (C=O) groups is 1. The molecule has 0 radical (unpaired) electrons. The van der Waals surface area contributed by atoms with Crippen LogP contribution in [-0.4, -0.2) is 27.0 Å². The zero-order valence-corrected chi connectivity index (χ0v) is 16.1. The van der Waals surface area contributed by atoms with Gasteiger partial charge in [-0.1, -0.05) is 13.8 Å². The molecule has 0 saturated carbocycles. The van der Waals surface area contributed by atoms with Crippen molar-refractivity contribution in [3.8, 4) is 11.5 Å². The van der Waals surface area contributed by atoms with Crippen LogP contribution >= 0.6 is 7.60 Å². The van der Waals surface area contributed by atoms with E-state index in [0.29, 0.717) is 33.6 Å². The van der Waals surface area contributed by atoms with Crippen LogP contribution in [0.1, 0.15) is 52.4 Å². The minimum absolute atomic E-state index is 0.0772. The minimum Gasteiger partial charge on any atom is -0.508 e. The summed E-state index contributed by atoms with van der Waals surface area (Å²) in [5.74, 6) is 0.358. The van der Waals surface area contributed by atoms with Gasteiger partial charge in [0, 0.05) is 11.1 Å². The quantitative estimate of drug-likeness (QED) is 0.521. The van der Waals surface area contributed by atoms with Crippen molar-refractivity contribution in [3.63, 3.8) is 0 Å². The second-order valence-electron chi connectivity index (χ2n) is 6.63. The van der Waals surface area contributed by atoms with Crippen LogP contribution < -0.4 is 4.74 Å². The maximum absolute atomic E-state index is 13.0. The fraction of sp³-hybridized carbons (Fsp3) is 0.316. The van der Waals surface area contributed by atoms with E-state index in [-0.39, 0.29) is 17.5 Å². The monoisotopic (exact) mass is 378 g/mol. The Kier molecular flexibility index (Phi) is 5.91. The summed E-state index contributed by atoms with van der Waals surface area (Å²) >= 11 is 0. The van der Waals surface area contributed by atoms with E-state index in [9.17, 15) is 14.5 Å². The number of ketones is 1. The molecule has 0 aromatic heterocycles. The lowest BCUT2D eigenvalue weighted by molar-refractivity contribution is 0.103. The smallest absolute Gasteiger partial charge is 0.362 e. The van der Waals surface area contributed by atoms with Gasteiger partial charge in [-0.15, -0.1) is 0 Å². The van der Waals surface area contributed by atoms with Crippen LogP contribution in [0.25, 0.3) is 0 Å². The first-order chi connectivity index (χ1) is 12.0. The first kappa shape index (κ1) is 20.2. The maximum Gasteiger partial charge on any atom is 0.362 e. The molecule has 0 unspecified atom stereocenters. The minimum atomic E-state index is -4.27. The summed E-state index contributed by atoms with van der Waals surface area (Å²) in [5, 5.41) is 9.94. The zero-order chi connectivity index (χ0) is 19.6. The van der Waals surface area contributed by atoms with E-state index >= 15 is 0 Å². The zero-order valence-electron chi connectivity index (χ0n) is 15.2. The van der Waals surface area contributed by atoms with Gasteiger partial charge < -0.3 is 19.6 Å². The Labute approximate surface area is 152 Å². The number of aromatic hydroxyl groups is 1. The molecule has 3 N–H and O–H groups in total. The SMILES string of the molecule is Cc1cc(OCP(=O)(O)O)cc(C)c1C(=O)c1ccc(O)c(C(C)C)c1. The molecule has 2 aromatic carbocycles. The van der Waals surface area contributed by atoms with Gasteiger partial charge in [0.1, 0.15) is 11.5 Å². The van der Waals surface area contributed by atoms with Crippen molar-refractivity contribution >= 4 is 13.4 Å². The molecule has 0 aliphatic carbocycles. The number of rotatable bonds is 6. The van der Waals surface area contributed by atoms with Gasteiger partial charge in [-0.25, -0.2) is 0 Å². The number of carbonyl (C=O) groups excluding carboxylic acids is 1. The Morgan fingerprint density at radius 1 is 1.12 bits per heavy atom. The summed E-state index contributed by atoms with van der Waals surface area (Å²) in [6.07, 6.45) is -0.713. The van der Waals surface area contributed by atoms with Gasteiger partial charge in [-0.2, -0.15) is 0 Å².